The van der Waals surface area contributed by atoms with E-state index in [1.807, 2.05) is 24.3 Å². The molecule has 1 aromatic carbocycles. The summed E-state index contributed by atoms with van der Waals surface area (Å²) in [4.78, 5) is 12.5. The number of piperidine rings is 1. The Morgan fingerprint density at radius 2 is 2.20 bits per heavy atom. The molecule has 106 valence electrons. The molecule has 3 rings (SSSR count). The number of amides is 1. The number of fused-ring (bicyclic) bond motifs is 1. The molecule has 2 aromatic rings. The van der Waals surface area contributed by atoms with Crippen molar-refractivity contribution in [3.05, 3.63) is 30.0 Å². The predicted octanol–water partition coefficient (Wildman–Crippen LogP) is 1.68. The van der Waals surface area contributed by atoms with E-state index < -0.39 is 0 Å². The Labute approximate surface area is 118 Å². The highest BCUT2D eigenvalue weighted by molar-refractivity contribution is 6.04. The zero-order valence-electron chi connectivity index (χ0n) is 11.9. The minimum Gasteiger partial charge on any atom is -0.347 e. The summed E-state index contributed by atoms with van der Waals surface area (Å²) in [6.07, 6.45) is 0.946. The first-order chi connectivity index (χ1) is 9.58. The quantitative estimate of drug-likeness (QED) is 0.779. The second-order valence-electron chi connectivity index (χ2n) is 6.10. The summed E-state index contributed by atoms with van der Waals surface area (Å²) >= 11 is 0. The molecular weight excluding hydrogens is 252 g/mol. The Morgan fingerprint density at radius 3 is 3.00 bits per heavy atom. The van der Waals surface area contributed by atoms with Crippen LogP contribution in [0.15, 0.2) is 24.3 Å². The molecule has 1 unspecified atom stereocenters. The van der Waals surface area contributed by atoms with E-state index in [0.717, 1.165) is 30.4 Å². The van der Waals surface area contributed by atoms with Crippen LogP contribution in [0.3, 0.4) is 0 Å². The van der Waals surface area contributed by atoms with Gasteiger partial charge in [0.2, 0.25) is 0 Å². The Kier molecular flexibility index (Phi) is 3.22. The number of rotatable bonds is 2. The second kappa shape index (κ2) is 4.90. The van der Waals surface area contributed by atoms with E-state index in [-0.39, 0.29) is 17.4 Å². The van der Waals surface area contributed by atoms with Crippen molar-refractivity contribution in [2.75, 3.05) is 13.1 Å². The first-order valence-electron chi connectivity index (χ1n) is 7.02. The van der Waals surface area contributed by atoms with Gasteiger partial charge in [-0.3, -0.25) is 9.89 Å². The molecular formula is C15H20N4O. The Bertz CT molecular complexity index is 632. The van der Waals surface area contributed by atoms with E-state index in [4.69, 9.17) is 0 Å². The lowest BCUT2D eigenvalue weighted by Gasteiger charge is -2.39. The summed E-state index contributed by atoms with van der Waals surface area (Å²) in [5.41, 5.74) is 1.43. The molecule has 0 spiro atoms. The van der Waals surface area contributed by atoms with Gasteiger partial charge < -0.3 is 10.6 Å². The molecule has 1 fully saturated rings. The van der Waals surface area contributed by atoms with Crippen molar-refractivity contribution in [1.29, 1.82) is 0 Å². The van der Waals surface area contributed by atoms with E-state index in [9.17, 15) is 4.79 Å². The van der Waals surface area contributed by atoms with Crippen LogP contribution in [0.2, 0.25) is 0 Å². The number of nitrogens with zero attached hydrogens (tertiary/aromatic N) is 1. The summed E-state index contributed by atoms with van der Waals surface area (Å²) in [6, 6.07) is 7.86. The molecule has 5 heteroatoms. The number of carbonyl (C=O) groups is 1. The molecule has 3 N–H and O–H groups in total. The summed E-state index contributed by atoms with van der Waals surface area (Å²) < 4.78 is 0. The summed E-state index contributed by atoms with van der Waals surface area (Å²) in [5.74, 6) is -0.0950. The summed E-state index contributed by atoms with van der Waals surface area (Å²) in [6.45, 7) is 6.20. The molecule has 0 radical (unpaired) electrons. The predicted molar refractivity (Wildman–Crippen MR) is 78.6 cm³/mol. The summed E-state index contributed by atoms with van der Waals surface area (Å²) in [5, 5.41) is 14.4. The van der Waals surface area contributed by atoms with Gasteiger partial charge >= 0.3 is 0 Å². The van der Waals surface area contributed by atoms with Crippen molar-refractivity contribution in [1.82, 2.24) is 20.8 Å². The first-order valence-corrected chi connectivity index (χ1v) is 7.02. The Balaban J connectivity index is 1.82. The SMILES string of the molecule is CC1(C)CNCCC1NC(=O)c1n[nH]c2ccccc12. The second-order valence-corrected chi connectivity index (χ2v) is 6.10. The van der Waals surface area contributed by atoms with Gasteiger partial charge in [0.15, 0.2) is 5.69 Å². The number of para-hydroxylation sites is 1. The van der Waals surface area contributed by atoms with Crippen LogP contribution in [0.4, 0.5) is 0 Å². The zero-order valence-corrected chi connectivity index (χ0v) is 11.9. The molecule has 0 saturated carbocycles. The average molecular weight is 272 g/mol. The van der Waals surface area contributed by atoms with Crippen molar-refractivity contribution in [3.63, 3.8) is 0 Å². The monoisotopic (exact) mass is 272 g/mol. The fraction of sp³-hybridized carbons (Fsp3) is 0.467. The standard InChI is InChI=1S/C15H20N4O/c1-15(2)9-16-8-7-12(15)17-14(20)13-10-5-3-4-6-11(10)18-19-13/h3-6,12,16H,7-9H2,1-2H3,(H,17,20)(H,18,19). The van der Waals surface area contributed by atoms with E-state index in [0.29, 0.717) is 5.69 Å². The van der Waals surface area contributed by atoms with Gasteiger partial charge in [0.05, 0.1) is 5.52 Å². The van der Waals surface area contributed by atoms with Gasteiger partial charge in [-0.25, -0.2) is 0 Å². The molecule has 1 aliphatic heterocycles. The number of H-pyrrole nitrogens is 1. The van der Waals surface area contributed by atoms with Crippen molar-refractivity contribution in [2.45, 2.75) is 26.3 Å². The smallest absolute Gasteiger partial charge is 0.272 e. The fourth-order valence-electron chi connectivity index (χ4n) is 2.80. The Morgan fingerprint density at radius 1 is 1.40 bits per heavy atom. The number of hydrogen-bond acceptors (Lipinski definition) is 3. The van der Waals surface area contributed by atoms with Gasteiger partial charge in [0.25, 0.3) is 5.91 Å². The zero-order chi connectivity index (χ0) is 14.2. The molecule has 5 nitrogen and oxygen atoms in total. The van der Waals surface area contributed by atoms with Crippen LogP contribution in [-0.4, -0.2) is 35.2 Å². The third kappa shape index (κ3) is 2.29. The molecule has 1 amide bonds. The molecule has 20 heavy (non-hydrogen) atoms. The highest BCUT2D eigenvalue weighted by atomic mass is 16.2. The first kappa shape index (κ1) is 13.1. The van der Waals surface area contributed by atoms with Crippen LogP contribution in [-0.2, 0) is 0 Å². The molecule has 0 aliphatic carbocycles. The van der Waals surface area contributed by atoms with Gasteiger partial charge in [-0.2, -0.15) is 5.10 Å². The number of carbonyl (C=O) groups excluding carboxylic acids is 1. The highest BCUT2D eigenvalue weighted by Crippen LogP contribution is 2.25. The number of hydrogen-bond donors (Lipinski definition) is 3. The van der Waals surface area contributed by atoms with Crippen LogP contribution in [0.25, 0.3) is 10.9 Å². The van der Waals surface area contributed by atoms with Crippen LogP contribution in [0.5, 0.6) is 0 Å². The molecule has 0 bridgehead atoms. The maximum absolute atomic E-state index is 12.5. The van der Waals surface area contributed by atoms with Crippen molar-refractivity contribution >= 4 is 16.8 Å². The number of aromatic amines is 1. The maximum Gasteiger partial charge on any atom is 0.272 e. The fourth-order valence-corrected chi connectivity index (χ4v) is 2.80. The topological polar surface area (TPSA) is 69.8 Å². The van der Waals surface area contributed by atoms with Crippen LogP contribution >= 0.6 is 0 Å². The maximum atomic E-state index is 12.5. The van der Waals surface area contributed by atoms with Gasteiger partial charge in [-0.15, -0.1) is 0 Å². The lowest BCUT2D eigenvalue weighted by molar-refractivity contribution is 0.0865. The Hall–Kier alpha value is -1.88. The lowest BCUT2D eigenvalue weighted by atomic mass is 9.80. The van der Waals surface area contributed by atoms with Gasteiger partial charge in [0, 0.05) is 18.0 Å². The van der Waals surface area contributed by atoms with Gasteiger partial charge in [0.1, 0.15) is 0 Å². The molecule has 1 saturated heterocycles. The molecule has 1 aliphatic rings. The number of benzene rings is 1. The normalized spacial score (nSPS) is 21.8. The highest BCUT2D eigenvalue weighted by Gasteiger charge is 2.33. The van der Waals surface area contributed by atoms with E-state index in [1.54, 1.807) is 0 Å². The summed E-state index contributed by atoms with van der Waals surface area (Å²) in [7, 11) is 0. The van der Waals surface area contributed by atoms with Crippen molar-refractivity contribution < 1.29 is 4.79 Å². The van der Waals surface area contributed by atoms with Crippen LogP contribution in [0.1, 0.15) is 30.8 Å². The molecule has 2 heterocycles. The molecule has 1 aromatic heterocycles. The van der Waals surface area contributed by atoms with Crippen molar-refractivity contribution in [3.8, 4) is 0 Å². The van der Waals surface area contributed by atoms with Crippen LogP contribution < -0.4 is 10.6 Å². The average Bonchev–Trinajstić information content (AvgIpc) is 2.85. The van der Waals surface area contributed by atoms with E-state index in [1.165, 1.54) is 0 Å². The third-order valence-electron chi connectivity index (χ3n) is 4.12. The van der Waals surface area contributed by atoms with E-state index >= 15 is 0 Å². The minimum absolute atomic E-state index is 0.0556. The third-order valence-corrected chi connectivity index (χ3v) is 4.12. The van der Waals surface area contributed by atoms with Gasteiger partial charge in [-0.1, -0.05) is 32.0 Å². The number of nitrogens with one attached hydrogen (secondary N) is 3. The van der Waals surface area contributed by atoms with Crippen LogP contribution in [0, 0.1) is 5.41 Å². The largest absolute Gasteiger partial charge is 0.347 e. The lowest BCUT2D eigenvalue weighted by Crippen LogP contribution is -2.54. The number of aromatic nitrogens is 2. The van der Waals surface area contributed by atoms with E-state index in [2.05, 4.69) is 34.7 Å². The van der Waals surface area contributed by atoms with Crippen molar-refractivity contribution in [2.24, 2.45) is 5.41 Å². The van der Waals surface area contributed by atoms with Gasteiger partial charge in [-0.05, 0) is 24.4 Å². The minimum atomic E-state index is -0.0950. The molecule has 1 atom stereocenters.